The monoisotopic (exact) mass is 377 g/mol. The molecule has 0 radical (unpaired) electrons. The van der Waals surface area contributed by atoms with Crippen molar-refractivity contribution in [2.45, 2.75) is 32.3 Å². The van der Waals surface area contributed by atoms with E-state index in [-0.39, 0.29) is 17.9 Å². The van der Waals surface area contributed by atoms with Gasteiger partial charge in [-0.3, -0.25) is 4.79 Å². The summed E-state index contributed by atoms with van der Waals surface area (Å²) >= 11 is 0. The summed E-state index contributed by atoms with van der Waals surface area (Å²) in [5, 5.41) is 5.11. The standard InChI is InChI=1S/C22H23N3O3/c1-22(2,3)15-8-9-18-19(10-15)28-20(13-27-18)21(26)25-24-12-14-11-23-17-7-5-4-6-16(14)17/h4-12,20,23H,13H2,1-3H3,(H,25,26)/b24-12+/t20-/m0/s1. The second-order valence-corrected chi connectivity index (χ2v) is 7.85. The Morgan fingerprint density at radius 2 is 2.04 bits per heavy atom. The topological polar surface area (TPSA) is 75.7 Å². The highest BCUT2D eigenvalue weighted by Gasteiger charge is 2.28. The number of H-pyrrole nitrogens is 1. The molecule has 2 N–H and O–H groups in total. The van der Waals surface area contributed by atoms with Gasteiger partial charge >= 0.3 is 0 Å². The average Bonchev–Trinajstić information content (AvgIpc) is 3.09. The number of ether oxygens (including phenoxy) is 2. The first-order valence-corrected chi connectivity index (χ1v) is 9.25. The first-order valence-electron chi connectivity index (χ1n) is 9.25. The smallest absolute Gasteiger partial charge is 0.284 e. The SMILES string of the molecule is CC(C)(C)c1ccc2c(c1)O[C@H](C(=O)N/N=C/c1c[nH]c3ccccc13)CO2. The van der Waals surface area contributed by atoms with Crippen molar-refractivity contribution in [3.8, 4) is 11.5 Å². The van der Waals surface area contributed by atoms with Gasteiger partial charge in [0.1, 0.15) is 6.61 Å². The molecule has 0 fully saturated rings. The highest BCUT2D eigenvalue weighted by Crippen LogP contribution is 2.36. The molecular weight excluding hydrogens is 354 g/mol. The zero-order chi connectivity index (χ0) is 19.7. The van der Waals surface area contributed by atoms with Crippen molar-refractivity contribution in [2.75, 3.05) is 6.61 Å². The maximum absolute atomic E-state index is 12.4. The predicted octanol–water partition coefficient (Wildman–Crippen LogP) is 3.76. The maximum Gasteiger partial charge on any atom is 0.284 e. The van der Waals surface area contributed by atoms with E-state index in [2.05, 4.69) is 36.3 Å². The molecule has 1 atom stereocenters. The van der Waals surface area contributed by atoms with Gasteiger partial charge in [0.05, 0.1) is 6.21 Å². The summed E-state index contributed by atoms with van der Waals surface area (Å²) in [5.41, 5.74) is 5.56. The van der Waals surface area contributed by atoms with Crippen LogP contribution in [-0.4, -0.2) is 29.8 Å². The summed E-state index contributed by atoms with van der Waals surface area (Å²) in [6.07, 6.45) is 2.72. The molecule has 0 unspecified atom stereocenters. The van der Waals surface area contributed by atoms with Gasteiger partial charge in [-0.1, -0.05) is 45.0 Å². The molecule has 2 heterocycles. The summed E-state index contributed by atoms with van der Waals surface area (Å²) in [6.45, 7) is 6.53. The second kappa shape index (κ2) is 7.03. The molecule has 1 amide bonds. The number of rotatable bonds is 3. The van der Waals surface area contributed by atoms with Crippen molar-refractivity contribution in [1.82, 2.24) is 10.4 Å². The van der Waals surface area contributed by atoms with Crippen LogP contribution in [0.4, 0.5) is 0 Å². The van der Waals surface area contributed by atoms with E-state index in [9.17, 15) is 4.79 Å². The molecule has 4 rings (SSSR count). The molecule has 28 heavy (non-hydrogen) atoms. The van der Waals surface area contributed by atoms with Crippen LogP contribution < -0.4 is 14.9 Å². The van der Waals surface area contributed by atoms with Gasteiger partial charge in [0.2, 0.25) is 6.10 Å². The normalized spacial score (nSPS) is 16.5. The molecule has 0 saturated heterocycles. The van der Waals surface area contributed by atoms with Crippen LogP contribution in [0.3, 0.4) is 0 Å². The van der Waals surface area contributed by atoms with Crippen LogP contribution in [0.5, 0.6) is 11.5 Å². The van der Waals surface area contributed by atoms with Gasteiger partial charge in [-0.15, -0.1) is 0 Å². The molecule has 1 aromatic heterocycles. The summed E-state index contributed by atoms with van der Waals surface area (Å²) in [6, 6.07) is 13.8. The summed E-state index contributed by atoms with van der Waals surface area (Å²) < 4.78 is 11.6. The molecule has 0 aliphatic carbocycles. The zero-order valence-electron chi connectivity index (χ0n) is 16.2. The van der Waals surface area contributed by atoms with Crippen molar-refractivity contribution >= 4 is 23.0 Å². The lowest BCUT2D eigenvalue weighted by Crippen LogP contribution is -2.42. The average molecular weight is 377 g/mol. The van der Waals surface area contributed by atoms with Gasteiger partial charge in [0.25, 0.3) is 5.91 Å². The van der Waals surface area contributed by atoms with Crippen molar-refractivity contribution in [3.05, 3.63) is 59.8 Å². The van der Waals surface area contributed by atoms with Crippen LogP contribution in [0.1, 0.15) is 31.9 Å². The molecule has 6 heteroatoms. The Hall–Kier alpha value is -3.28. The van der Waals surface area contributed by atoms with Crippen molar-refractivity contribution < 1.29 is 14.3 Å². The van der Waals surface area contributed by atoms with E-state index in [1.54, 1.807) is 6.21 Å². The van der Waals surface area contributed by atoms with Crippen molar-refractivity contribution in [3.63, 3.8) is 0 Å². The van der Waals surface area contributed by atoms with E-state index in [0.717, 1.165) is 22.0 Å². The number of nitrogens with zero attached hydrogens (tertiary/aromatic N) is 1. The van der Waals surface area contributed by atoms with Gasteiger partial charge < -0.3 is 14.5 Å². The summed E-state index contributed by atoms with van der Waals surface area (Å²) in [5.74, 6) is 0.890. The molecule has 0 bridgehead atoms. The minimum Gasteiger partial charge on any atom is -0.485 e. The fourth-order valence-electron chi connectivity index (χ4n) is 3.11. The predicted molar refractivity (Wildman–Crippen MR) is 109 cm³/mol. The van der Waals surface area contributed by atoms with E-state index >= 15 is 0 Å². The Labute approximate surface area is 163 Å². The number of fused-ring (bicyclic) bond motifs is 2. The van der Waals surface area contributed by atoms with E-state index in [0.29, 0.717) is 11.5 Å². The number of hydrogen-bond acceptors (Lipinski definition) is 4. The molecule has 2 aromatic carbocycles. The van der Waals surface area contributed by atoms with Crippen LogP contribution in [0.25, 0.3) is 10.9 Å². The molecule has 0 saturated carbocycles. The number of benzene rings is 2. The highest BCUT2D eigenvalue weighted by atomic mass is 16.6. The molecule has 144 valence electrons. The lowest BCUT2D eigenvalue weighted by atomic mass is 9.87. The van der Waals surface area contributed by atoms with Gasteiger partial charge in [-0.25, -0.2) is 5.43 Å². The Bertz CT molecular complexity index is 1050. The summed E-state index contributed by atoms with van der Waals surface area (Å²) in [4.78, 5) is 15.6. The molecular formula is C22H23N3O3. The summed E-state index contributed by atoms with van der Waals surface area (Å²) in [7, 11) is 0. The quantitative estimate of drug-likeness (QED) is 0.539. The number of carbonyl (C=O) groups excluding carboxylic acids is 1. The first-order chi connectivity index (χ1) is 13.4. The van der Waals surface area contributed by atoms with Crippen LogP contribution in [0, 0.1) is 0 Å². The minimum atomic E-state index is -0.747. The van der Waals surface area contributed by atoms with Gasteiger partial charge in [0, 0.05) is 22.7 Å². The van der Waals surface area contributed by atoms with Crippen molar-refractivity contribution in [1.29, 1.82) is 0 Å². The Balaban J connectivity index is 1.43. The van der Waals surface area contributed by atoms with E-state index in [4.69, 9.17) is 9.47 Å². The van der Waals surface area contributed by atoms with Crippen molar-refractivity contribution in [2.24, 2.45) is 5.10 Å². The highest BCUT2D eigenvalue weighted by molar-refractivity contribution is 5.99. The van der Waals surface area contributed by atoms with Crippen LogP contribution in [0.2, 0.25) is 0 Å². The van der Waals surface area contributed by atoms with Crippen LogP contribution >= 0.6 is 0 Å². The van der Waals surface area contributed by atoms with Gasteiger partial charge in [0.15, 0.2) is 11.5 Å². The van der Waals surface area contributed by atoms with Gasteiger partial charge in [-0.05, 0) is 29.2 Å². The largest absolute Gasteiger partial charge is 0.485 e. The lowest BCUT2D eigenvalue weighted by Gasteiger charge is -2.27. The Morgan fingerprint density at radius 3 is 2.86 bits per heavy atom. The lowest BCUT2D eigenvalue weighted by molar-refractivity contribution is -0.130. The zero-order valence-corrected chi connectivity index (χ0v) is 16.2. The van der Waals surface area contributed by atoms with Crippen LogP contribution in [-0.2, 0) is 10.2 Å². The number of para-hydroxylation sites is 1. The third-order valence-corrected chi connectivity index (χ3v) is 4.76. The number of aromatic nitrogens is 1. The molecule has 3 aromatic rings. The molecule has 1 aliphatic heterocycles. The molecule has 0 spiro atoms. The molecule has 1 aliphatic rings. The molecule has 6 nitrogen and oxygen atoms in total. The minimum absolute atomic E-state index is 0.0166. The third kappa shape index (κ3) is 3.58. The number of nitrogens with one attached hydrogen (secondary N) is 2. The Kier molecular flexibility index (Phi) is 4.55. The van der Waals surface area contributed by atoms with Crippen LogP contribution in [0.15, 0.2) is 53.8 Å². The van der Waals surface area contributed by atoms with E-state index in [1.807, 2.05) is 48.7 Å². The number of carbonyl (C=O) groups is 1. The number of aromatic amines is 1. The number of amides is 1. The third-order valence-electron chi connectivity index (χ3n) is 4.76. The number of hydrogen-bond donors (Lipinski definition) is 2. The fourth-order valence-corrected chi connectivity index (χ4v) is 3.11. The van der Waals surface area contributed by atoms with Gasteiger partial charge in [-0.2, -0.15) is 5.10 Å². The maximum atomic E-state index is 12.4. The Morgan fingerprint density at radius 1 is 1.21 bits per heavy atom. The van der Waals surface area contributed by atoms with E-state index < -0.39 is 6.10 Å². The second-order valence-electron chi connectivity index (χ2n) is 7.85. The first kappa shape index (κ1) is 18.1. The van der Waals surface area contributed by atoms with E-state index in [1.165, 1.54) is 0 Å². The fraction of sp³-hybridized carbons (Fsp3) is 0.273. The number of hydrazone groups is 1.